The van der Waals surface area contributed by atoms with Crippen LogP contribution in [0.4, 0.5) is 16.3 Å². The number of carbonyl (C=O) groups is 1. The van der Waals surface area contributed by atoms with Gasteiger partial charge in [0.05, 0.1) is 30.8 Å². The van der Waals surface area contributed by atoms with E-state index in [1.54, 1.807) is 4.90 Å². The summed E-state index contributed by atoms with van der Waals surface area (Å²) in [4.78, 5) is 32.3. The number of hydrogen-bond donors (Lipinski definition) is 0. The number of nitrogens with zero attached hydrogens (tertiary/aromatic N) is 7. The molecule has 0 unspecified atom stereocenters. The number of likely N-dealkylation sites (tertiary alicyclic amines) is 1. The van der Waals surface area contributed by atoms with E-state index in [9.17, 15) is 10.1 Å². The summed E-state index contributed by atoms with van der Waals surface area (Å²) in [7, 11) is 2.15. The minimum absolute atomic E-state index is 0.0990. The highest BCUT2D eigenvalue weighted by Gasteiger charge is 2.36. The van der Waals surface area contributed by atoms with Crippen LogP contribution in [0, 0.1) is 11.3 Å². The van der Waals surface area contributed by atoms with Gasteiger partial charge in [-0.05, 0) is 62.4 Å². The predicted molar refractivity (Wildman–Crippen MR) is 217 cm³/mol. The van der Waals surface area contributed by atoms with E-state index in [4.69, 9.17) is 24.2 Å². The number of aromatic nitrogens is 2. The van der Waals surface area contributed by atoms with E-state index in [1.807, 2.05) is 48.5 Å². The summed E-state index contributed by atoms with van der Waals surface area (Å²) in [5.41, 5.74) is 5.13. The maximum atomic E-state index is 13.4. The molecule has 3 atom stereocenters. The van der Waals surface area contributed by atoms with Crippen LogP contribution < -0.4 is 19.3 Å². The number of carbonyl (C=O) groups excluding carboxylic acids is 1. The van der Waals surface area contributed by atoms with Crippen LogP contribution in [0.2, 0.25) is 0 Å². The van der Waals surface area contributed by atoms with Gasteiger partial charge in [0.1, 0.15) is 30.9 Å². The van der Waals surface area contributed by atoms with Crippen molar-refractivity contribution in [3.05, 3.63) is 119 Å². The first-order chi connectivity index (χ1) is 27.4. The SMILES string of the molecule is C[C@@H](Oc1nc2c(c(N3CCN(C(=O)OCc4ccccc4)[C@@H](CC#N)C3)n1)CCN(c1cc(OCc3ccccc3)cc3ccccc13)C2)[C@H]1CCCN1C. The lowest BCUT2D eigenvalue weighted by Gasteiger charge is -2.42. The number of nitriles is 1. The van der Waals surface area contributed by atoms with Crippen LogP contribution in [0.25, 0.3) is 10.8 Å². The molecule has 3 aliphatic rings. The zero-order valence-electron chi connectivity index (χ0n) is 32.2. The fourth-order valence-corrected chi connectivity index (χ4v) is 8.40. The van der Waals surface area contributed by atoms with E-state index in [0.29, 0.717) is 38.8 Å². The molecular formula is C45H49N7O4. The van der Waals surface area contributed by atoms with Crippen molar-refractivity contribution < 1.29 is 19.0 Å². The number of ether oxygens (including phenoxy) is 3. The minimum atomic E-state index is -0.408. The van der Waals surface area contributed by atoms with Crippen LogP contribution >= 0.6 is 0 Å². The van der Waals surface area contributed by atoms with Crippen molar-refractivity contribution in [2.24, 2.45) is 0 Å². The molecule has 0 aliphatic carbocycles. The summed E-state index contributed by atoms with van der Waals surface area (Å²) >= 11 is 0. The molecular weight excluding hydrogens is 703 g/mol. The molecule has 4 aromatic carbocycles. The molecule has 0 radical (unpaired) electrons. The van der Waals surface area contributed by atoms with E-state index in [2.05, 4.69) is 83.3 Å². The Bertz CT molecular complexity index is 2180. The molecule has 11 nitrogen and oxygen atoms in total. The van der Waals surface area contributed by atoms with Crippen LogP contribution in [0.15, 0.2) is 97.1 Å². The molecule has 2 saturated heterocycles. The van der Waals surface area contributed by atoms with Crippen molar-refractivity contribution in [2.45, 2.75) is 70.6 Å². The fourth-order valence-electron chi connectivity index (χ4n) is 8.40. The quantitative estimate of drug-likeness (QED) is 0.136. The highest BCUT2D eigenvalue weighted by atomic mass is 16.6. The Balaban J connectivity index is 1.08. The van der Waals surface area contributed by atoms with Crippen molar-refractivity contribution in [3.8, 4) is 17.8 Å². The number of likely N-dealkylation sites (N-methyl/N-ethyl adjacent to an activating group) is 1. The molecule has 0 N–H and O–H groups in total. The average molecular weight is 752 g/mol. The number of anilines is 2. The smallest absolute Gasteiger partial charge is 0.410 e. The van der Waals surface area contributed by atoms with Crippen LogP contribution in [0.1, 0.15) is 48.6 Å². The maximum Gasteiger partial charge on any atom is 0.410 e. The molecule has 8 rings (SSSR count). The number of amides is 1. The summed E-state index contributed by atoms with van der Waals surface area (Å²) in [6, 6.07) is 35.2. The molecule has 1 aromatic heterocycles. The predicted octanol–water partition coefficient (Wildman–Crippen LogP) is 7.37. The molecule has 0 saturated carbocycles. The normalized spacial score (nSPS) is 19.0. The lowest BCUT2D eigenvalue weighted by molar-refractivity contribution is 0.0766. The Kier molecular flexibility index (Phi) is 11.2. The first-order valence-electron chi connectivity index (χ1n) is 19.7. The molecule has 5 aromatic rings. The first-order valence-corrected chi connectivity index (χ1v) is 19.7. The number of rotatable bonds is 11. The van der Waals surface area contributed by atoms with E-state index in [1.165, 1.54) is 0 Å². The molecule has 11 heteroatoms. The molecule has 0 bridgehead atoms. The van der Waals surface area contributed by atoms with Crippen LogP contribution in [0.3, 0.4) is 0 Å². The molecule has 2 fully saturated rings. The van der Waals surface area contributed by atoms with Gasteiger partial charge in [-0.25, -0.2) is 4.79 Å². The fraction of sp³-hybridized carbons (Fsp3) is 0.378. The monoisotopic (exact) mass is 751 g/mol. The summed E-state index contributed by atoms with van der Waals surface area (Å²) < 4.78 is 18.7. The molecule has 288 valence electrons. The highest BCUT2D eigenvalue weighted by Crippen LogP contribution is 2.38. The van der Waals surface area contributed by atoms with Crippen LogP contribution in [-0.4, -0.2) is 83.8 Å². The second-order valence-corrected chi connectivity index (χ2v) is 15.1. The Morgan fingerprint density at radius 2 is 1.64 bits per heavy atom. The Hall–Kier alpha value is -5.86. The third-order valence-electron chi connectivity index (χ3n) is 11.4. The largest absolute Gasteiger partial charge is 0.489 e. The topological polar surface area (TPSA) is 107 Å². The molecule has 56 heavy (non-hydrogen) atoms. The van der Waals surface area contributed by atoms with Gasteiger partial charge in [0.15, 0.2) is 0 Å². The van der Waals surface area contributed by atoms with E-state index in [0.717, 1.165) is 82.8 Å². The zero-order chi connectivity index (χ0) is 38.4. The zero-order valence-corrected chi connectivity index (χ0v) is 32.2. The molecule has 1 amide bonds. The maximum absolute atomic E-state index is 13.4. The third-order valence-corrected chi connectivity index (χ3v) is 11.4. The number of hydrogen-bond acceptors (Lipinski definition) is 10. The van der Waals surface area contributed by atoms with Gasteiger partial charge in [-0.3, -0.25) is 4.90 Å². The number of piperazine rings is 1. The highest BCUT2D eigenvalue weighted by molar-refractivity contribution is 5.96. The van der Waals surface area contributed by atoms with Gasteiger partial charge in [-0.15, -0.1) is 0 Å². The van der Waals surface area contributed by atoms with E-state index < -0.39 is 6.09 Å². The van der Waals surface area contributed by atoms with Crippen LogP contribution in [0.5, 0.6) is 11.8 Å². The number of benzene rings is 4. The second-order valence-electron chi connectivity index (χ2n) is 15.1. The van der Waals surface area contributed by atoms with Crippen molar-refractivity contribution >= 4 is 28.4 Å². The van der Waals surface area contributed by atoms with Crippen LogP contribution in [-0.2, 0) is 30.9 Å². The summed E-state index contributed by atoms with van der Waals surface area (Å²) in [5, 5.41) is 12.1. The van der Waals surface area contributed by atoms with E-state index in [-0.39, 0.29) is 31.2 Å². The van der Waals surface area contributed by atoms with Crippen molar-refractivity contribution in [3.63, 3.8) is 0 Å². The lowest BCUT2D eigenvalue weighted by Crippen LogP contribution is -2.55. The Labute approximate surface area is 329 Å². The Morgan fingerprint density at radius 3 is 2.39 bits per heavy atom. The second kappa shape index (κ2) is 16.9. The van der Waals surface area contributed by atoms with Gasteiger partial charge >= 0.3 is 12.1 Å². The van der Waals surface area contributed by atoms with Gasteiger partial charge in [-0.1, -0.05) is 84.9 Å². The minimum Gasteiger partial charge on any atom is -0.489 e. The van der Waals surface area contributed by atoms with Crippen molar-refractivity contribution in [2.75, 3.05) is 49.6 Å². The van der Waals surface area contributed by atoms with Gasteiger partial charge in [0.2, 0.25) is 0 Å². The lowest BCUT2D eigenvalue weighted by atomic mass is 10.0. The third kappa shape index (κ3) is 8.21. The average Bonchev–Trinajstić information content (AvgIpc) is 3.68. The molecule has 0 spiro atoms. The van der Waals surface area contributed by atoms with Crippen molar-refractivity contribution in [1.29, 1.82) is 5.26 Å². The summed E-state index contributed by atoms with van der Waals surface area (Å²) in [6.07, 6.45) is 2.60. The van der Waals surface area contributed by atoms with Gasteiger partial charge in [0.25, 0.3) is 0 Å². The summed E-state index contributed by atoms with van der Waals surface area (Å²) in [6.45, 7) is 6.55. The molecule has 4 heterocycles. The summed E-state index contributed by atoms with van der Waals surface area (Å²) in [5.74, 6) is 1.64. The standard InChI is InChI=1S/C45H49N7O4/c1-32(41-18-11-22-49(41)2)56-44-47-40-29-50(42-27-37(26-35-16-9-10-17-38(35)42)54-30-33-12-5-3-6-13-33)23-20-39(40)43(48-44)51-24-25-52(36(28-51)19-21-46)45(53)55-31-34-14-7-4-8-15-34/h3-10,12-17,26-27,32,36,41H,11,18-20,22-25,28-31H2,1-2H3/t32-,36+,41-/m1/s1. The van der Waals surface area contributed by atoms with Gasteiger partial charge in [-0.2, -0.15) is 15.2 Å². The van der Waals surface area contributed by atoms with Crippen molar-refractivity contribution in [1.82, 2.24) is 19.8 Å². The van der Waals surface area contributed by atoms with Gasteiger partial charge in [0, 0.05) is 54.9 Å². The van der Waals surface area contributed by atoms with E-state index >= 15 is 0 Å². The first kappa shape index (κ1) is 37.1. The van der Waals surface area contributed by atoms with Gasteiger partial charge < -0.3 is 28.9 Å². The number of fused-ring (bicyclic) bond motifs is 2. The Morgan fingerprint density at radius 1 is 0.893 bits per heavy atom. The molecule has 3 aliphatic heterocycles.